The highest BCUT2D eigenvalue weighted by Gasteiger charge is 2.30. The van der Waals surface area contributed by atoms with Crippen molar-refractivity contribution in [3.05, 3.63) is 102 Å². The van der Waals surface area contributed by atoms with Crippen molar-refractivity contribution < 1.29 is 38.6 Å². The standard InChI is InChI=1S/C42H57N9O8/c1-26(2)21-34(39(55)50-33(41(57)58)15-10-20-46-42(44)45)51-40(56)35(23-28-11-6-4-7-12-28)49-36(52)24-47-37(53)27(3)48-38(54)32(43)22-29-16-18-31(19-17-29)59-25-30-13-8-5-9-14-30/h4-9,11-14,16-19,26-27,32-35H,10,15,20-25,43H2,1-3H3,(H,47,53)(H,48,54)(H,49,52)(H,50,55)(H,51,56)(H,57,58)(H4,44,45,46)/t27-,32-,33-,34-,35-/m0/s1. The van der Waals surface area contributed by atoms with Crippen molar-refractivity contribution >= 4 is 41.5 Å². The van der Waals surface area contributed by atoms with Crippen LogP contribution >= 0.6 is 0 Å². The lowest BCUT2D eigenvalue weighted by Gasteiger charge is -2.26. The molecule has 5 atom stereocenters. The van der Waals surface area contributed by atoms with Gasteiger partial charge in [0, 0.05) is 13.0 Å². The van der Waals surface area contributed by atoms with Crippen molar-refractivity contribution in [2.45, 2.75) is 89.7 Å². The zero-order chi connectivity index (χ0) is 43.3. The van der Waals surface area contributed by atoms with Crippen molar-refractivity contribution in [3.8, 4) is 5.75 Å². The Hall–Kier alpha value is -6.49. The molecule has 17 nitrogen and oxygen atoms in total. The predicted molar refractivity (Wildman–Crippen MR) is 222 cm³/mol. The Labute approximate surface area is 344 Å². The van der Waals surface area contributed by atoms with Crippen LogP contribution < -0.4 is 48.5 Å². The van der Waals surface area contributed by atoms with Crippen LogP contribution in [-0.4, -0.2) is 89.9 Å². The quantitative estimate of drug-likeness (QED) is 0.0344. The minimum Gasteiger partial charge on any atom is -0.489 e. The highest BCUT2D eigenvalue weighted by molar-refractivity contribution is 5.95. The number of hydrogen-bond donors (Lipinski definition) is 9. The Morgan fingerprint density at radius 2 is 1.25 bits per heavy atom. The van der Waals surface area contributed by atoms with Gasteiger partial charge in [-0.05, 0) is 67.3 Å². The first-order valence-corrected chi connectivity index (χ1v) is 19.4. The van der Waals surface area contributed by atoms with Gasteiger partial charge in [0.1, 0.15) is 36.5 Å². The number of rotatable bonds is 24. The van der Waals surface area contributed by atoms with Gasteiger partial charge in [0.2, 0.25) is 29.5 Å². The molecule has 0 aromatic heterocycles. The van der Waals surface area contributed by atoms with E-state index in [1.807, 2.05) is 56.3 Å². The number of carboxylic acids is 1. The smallest absolute Gasteiger partial charge is 0.326 e. The van der Waals surface area contributed by atoms with Gasteiger partial charge < -0.3 is 53.6 Å². The number of carboxylic acid groups (broad SMARTS) is 1. The first-order valence-electron chi connectivity index (χ1n) is 19.4. The number of hydrogen-bond acceptors (Lipinski definition) is 9. The SMILES string of the molecule is CC(C)C[C@H](NC(=O)[C@H](Cc1ccccc1)NC(=O)CNC(=O)[C@H](C)NC(=O)[C@@H](N)Cc1ccc(OCc2ccccc2)cc1)C(=O)N[C@@H](CCCN=C(N)N)C(=O)O. The van der Waals surface area contributed by atoms with Crippen LogP contribution in [0.25, 0.3) is 0 Å². The van der Waals surface area contributed by atoms with E-state index in [0.717, 1.165) is 11.1 Å². The van der Waals surface area contributed by atoms with Crippen LogP contribution in [-0.2, 0) is 48.2 Å². The van der Waals surface area contributed by atoms with Crippen molar-refractivity contribution in [3.63, 3.8) is 0 Å². The zero-order valence-electron chi connectivity index (χ0n) is 33.7. The van der Waals surface area contributed by atoms with Gasteiger partial charge in [-0.3, -0.25) is 29.0 Å². The fourth-order valence-corrected chi connectivity index (χ4v) is 5.83. The highest BCUT2D eigenvalue weighted by atomic mass is 16.5. The Balaban J connectivity index is 1.56. The molecule has 0 aliphatic heterocycles. The number of carbonyl (C=O) groups is 6. The van der Waals surface area contributed by atoms with Crippen molar-refractivity contribution in [1.29, 1.82) is 0 Å². The van der Waals surface area contributed by atoms with E-state index in [2.05, 4.69) is 31.6 Å². The fraction of sp³-hybridized carbons (Fsp3) is 0.405. The number of aliphatic carboxylic acids is 1. The number of aliphatic imine (C=N–C) groups is 1. The Bertz CT molecular complexity index is 1860. The predicted octanol–water partition coefficient (Wildman–Crippen LogP) is 0.638. The van der Waals surface area contributed by atoms with Gasteiger partial charge in [-0.1, -0.05) is 86.6 Å². The van der Waals surface area contributed by atoms with E-state index in [1.54, 1.807) is 42.5 Å². The van der Waals surface area contributed by atoms with E-state index in [1.165, 1.54) is 6.92 Å². The van der Waals surface area contributed by atoms with E-state index in [9.17, 15) is 33.9 Å². The molecule has 0 radical (unpaired) electrons. The lowest BCUT2D eigenvalue weighted by atomic mass is 10.0. The molecule has 0 unspecified atom stereocenters. The van der Waals surface area contributed by atoms with Crippen LogP contribution in [0.5, 0.6) is 5.75 Å². The van der Waals surface area contributed by atoms with Gasteiger partial charge in [-0.25, -0.2) is 4.79 Å². The minimum atomic E-state index is -1.27. The summed E-state index contributed by atoms with van der Waals surface area (Å²) in [7, 11) is 0. The number of nitrogens with zero attached hydrogens (tertiary/aromatic N) is 1. The molecule has 0 saturated heterocycles. The maximum absolute atomic E-state index is 13.7. The average molecular weight is 816 g/mol. The molecule has 0 saturated carbocycles. The molecule has 0 fully saturated rings. The number of ether oxygens (including phenoxy) is 1. The minimum absolute atomic E-state index is 0.0362. The molecule has 0 spiro atoms. The summed E-state index contributed by atoms with van der Waals surface area (Å²) >= 11 is 0. The normalized spacial score (nSPS) is 13.4. The maximum Gasteiger partial charge on any atom is 0.326 e. The summed E-state index contributed by atoms with van der Waals surface area (Å²) in [5.41, 5.74) is 19.3. The van der Waals surface area contributed by atoms with Gasteiger partial charge in [-0.2, -0.15) is 0 Å². The van der Waals surface area contributed by atoms with Crippen molar-refractivity contribution in [2.24, 2.45) is 28.1 Å². The highest BCUT2D eigenvalue weighted by Crippen LogP contribution is 2.15. The molecule has 59 heavy (non-hydrogen) atoms. The Morgan fingerprint density at radius 1 is 0.678 bits per heavy atom. The van der Waals surface area contributed by atoms with Crippen molar-refractivity contribution in [1.82, 2.24) is 26.6 Å². The molecule has 12 N–H and O–H groups in total. The van der Waals surface area contributed by atoms with E-state index in [4.69, 9.17) is 21.9 Å². The molecule has 3 aromatic carbocycles. The number of benzene rings is 3. The monoisotopic (exact) mass is 815 g/mol. The Morgan fingerprint density at radius 3 is 1.85 bits per heavy atom. The first-order chi connectivity index (χ1) is 28.1. The van der Waals surface area contributed by atoms with Crippen LogP contribution in [0.2, 0.25) is 0 Å². The van der Waals surface area contributed by atoms with Crippen LogP contribution in [0, 0.1) is 5.92 Å². The third kappa shape index (κ3) is 17.7. The second kappa shape index (κ2) is 24.3. The zero-order valence-corrected chi connectivity index (χ0v) is 33.7. The van der Waals surface area contributed by atoms with Gasteiger partial charge in [-0.15, -0.1) is 0 Å². The molecule has 0 bridgehead atoms. The molecule has 0 heterocycles. The summed E-state index contributed by atoms with van der Waals surface area (Å²) in [6.07, 6.45) is 0.725. The summed E-state index contributed by atoms with van der Waals surface area (Å²) < 4.78 is 5.81. The third-order valence-corrected chi connectivity index (χ3v) is 8.97. The molecule has 0 aliphatic carbocycles. The van der Waals surface area contributed by atoms with Crippen LogP contribution in [0.1, 0.15) is 56.7 Å². The van der Waals surface area contributed by atoms with Crippen molar-refractivity contribution in [2.75, 3.05) is 13.1 Å². The average Bonchev–Trinajstić information content (AvgIpc) is 3.20. The number of guanidine groups is 1. The van der Waals surface area contributed by atoms with Crippen LogP contribution in [0.4, 0.5) is 0 Å². The summed E-state index contributed by atoms with van der Waals surface area (Å²) in [4.78, 5) is 81.8. The molecule has 5 amide bonds. The third-order valence-electron chi connectivity index (χ3n) is 8.97. The molecule has 17 heteroatoms. The van der Waals surface area contributed by atoms with E-state index in [-0.39, 0.29) is 50.5 Å². The molecule has 0 aliphatic rings. The summed E-state index contributed by atoms with van der Waals surface area (Å²) in [5, 5.41) is 22.6. The lowest BCUT2D eigenvalue weighted by Crippen LogP contribution is -2.57. The maximum atomic E-state index is 13.7. The molecular weight excluding hydrogens is 759 g/mol. The molecule has 318 valence electrons. The van der Waals surface area contributed by atoms with Gasteiger partial charge in [0.05, 0.1) is 12.6 Å². The summed E-state index contributed by atoms with van der Waals surface area (Å²) in [5.74, 6) is -4.17. The van der Waals surface area contributed by atoms with Gasteiger partial charge >= 0.3 is 5.97 Å². The number of carbonyl (C=O) groups excluding carboxylic acids is 5. The number of amides is 5. The largest absolute Gasteiger partial charge is 0.489 e. The van der Waals surface area contributed by atoms with E-state index in [0.29, 0.717) is 17.9 Å². The summed E-state index contributed by atoms with van der Waals surface area (Å²) in [6.45, 7) is 5.17. The van der Waals surface area contributed by atoms with Gasteiger partial charge in [0.25, 0.3) is 0 Å². The molecular formula is C42H57N9O8. The summed E-state index contributed by atoms with van der Waals surface area (Å²) in [6, 6.07) is 20.2. The number of nitrogens with two attached hydrogens (primary N) is 3. The van der Waals surface area contributed by atoms with E-state index < -0.39 is 72.3 Å². The van der Waals surface area contributed by atoms with Gasteiger partial charge in [0.15, 0.2) is 5.96 Å². The second-order valence-electron chi connectivity index (χ2n) is 14.5. The Kier molecular flexibility index (Phi) is 19.3. The first kappa shape index (κ1) is 46.9. The van der Waals surface area contributed by atoms with Crippen LogP contribution in [0.15, 0.2) is 89.9 Å². The van der Waals surface area contributed by atoms with Crippen LogP contribution in [0.3, 0.4) is 0 Å². The lowest BCUT2D eigenvalue weighted by molar-refractivity contribution is -0.142. The fourth-order valence-electron chi connectivity index (χ4n) is 5.83. The van der Waals surface area contributed by atoms with E-state index >= 15 is 0 Å². The second-order valence-corrected chi connectivity index (χ2v) is 14.5. The molecule has 3 aromatic rings. The molecule has 3 rings (SSSR count). The number of nitrogens with one attached hydrogen (secondary N) is 5. The topological polar surface area (TPSA) is 282 Å².